The molecule has 50 valence electrons. The summed E-state index contributed by atoms with van der Waals surface area (Å²) in [5.41, 5.74) is 1.03. The zero-order chi connectivity index (χ0) is 6.85. The Labute approximate surface area is 54.8 Å². The van der Waals surface area contributed by atoms with Gasteiger partial charge in [-0.15, -0.1) is 0 Å². The summed E-state index contributed by atoms with van der Waals surface area (Å²) < 4.78 is 0. The Bertz CT molecular complexity index is 160. The Morgan fingerprint density at radius 2 is 2.44 bits per heavy atom. The van der Waals surface area contributed by atoms with E-state index in [1.165, 1.54) is 0 Å². The summed E-state index contributed by atoms with van der Waals surface area (Å²) in [7, 11) is 0. The van der Waals surface area contributed by atoms with Crippen molar-refractivity contribution in [2.45, 2.75) is 20.0 Å². The molecule has 2 N–H and O–H groups in total. The summed E-state index contributed by atoms with van der Waals surface area (Å²) in [6, 6.07) is 0. The van der Waals surface area contributed by atoms with E-state index in [0.717, 1.165) is 5.71 Å². The molecule has 0 aromatic carbocycles. The van der Waals surface area contributed by atoms with Gasteiger partial charge in [0.05, 0.1) is 0 Å². The van der Waals surface area contributed by atoms with Crippen LogP contribution in [0.5, 0.6) is 0 Å². The molecule has 0 fully saturated rings. The lowest BCUT2D eigenvalue weighted by atomic mass is 10.3. The summed E-state index contributed by atoms with van der Waals surface area (Å²) >= 11 is 0. The minimum absolute atomic E-state index is 0.0926. The minimum atomic E-state index is 0.0926. The van der Waals surface area contributed by atoms with Gasteiger partial charge in [0.2, 0.25) is 0 Å². The van der Waals surface area contributed by atoms with Crippen LogP contribution in [0.2, 0.25) is 0 Å². The number of hydrogen-bond acceptors (Lipinski definition) is 3. The van der Waals surface area contributed by atoms with Gasteiger partial charge in [0.15, 0.2) is 0 Å². The molecule has 1 aliphatic heterocycles. The smallest absolute Gasteiger partial charge is 0.132 e. The second kappa shape index (κ2) is 2.19. The van der Waals surface area contributed by atoms with Crippen LogP contribution in [-0.2, 0) is 0 Å². The van der Waals surface area contributed by atoms with Crippen molar-refractivity contribution in [1.29, 1.82) is 0 Å². The molecule has 9 heavy (non-hydrogen) atoms. The van der Waals surface area contributed by atoms with Crippen LogP contribution in [0.4, 0.5) is 0 Å². The van der Waals surface area contributed by atoms with Gasteiger partial charge in [0.25, 0.3) is 0 Å². The summed E-state index contributed by atoms with van der Waals surface area (Å²) in [4.78, 5) is 4.19. The third kappa shape index (κ3) is 1.29. The highest BCUT2D eigenvalue weighted by molar-refractivity contribution is 5.93. The van der Waals surface area contributed by atoms with E-state index in [1.807, 2.05) is 26.1 Å². The van der Waals surface area contributed by atoms with E-state index < -0.39 is 0 Å². The van der Waals surface area contributed by atoms with E-state index in [0.29, 0.717) is 0 Å². The molecule has 0 amide bonds. The van der Waals surface area contributed by atoms with E-state index in [4.69, 9.17) is 5.84 Å². The second-order valence-electron chi connectivity index (χ2n) is 2.17. The van der Waals surface area contributed by atoms with Crippen molar-refractivity contribution in [3.8, 4) is 0 Å². The van der Waals surface area contributed by atoms with Gasteiger partial charge in [-0.25, -0.2) is 5.84 Å². The fourth-order valence-corrected chi connectivity index (χ4v) is 0.723. The molecule has 0 bridgehead atoms. The fraction of sp³-hybridized carbons (Fsp3) is 0.500. The maximum Gasteiger partial charge on any atom is 0.132 e. The molecular formula is C6H11N3. The number of hydrogen-bond donors (Lipinski definition) is 1. The van der Waals surface area contributed by atoms with Crippen molar-refractivity contribution in [3.05, 3.63) is 12.3 Å². The molecule has 1 unspecified atom stereocenters. The van der Waals surface area contributed by atoms with Gasteiger partial charge in [-0.3, -0.25) is 10.0 Å². The highest BCUT2D eigenvalue weighted by Gasteiger charge is 2.06. The monoisotopic (exact) mass is 125 g/mol. The van der Waals surface area contributed by atoms with Crippen molar-refractivity contribution in [3.63, 3.8) is 0 Å². The Morgan fingerprint density at radius 1 is 1.78 bits per heavy atom. The largest absolute Gasteiger partial charge is 0.294 e. The van der Waals surface area contributed by atoms with Crippen LogP contribution in [0.1, 0.15) is 13.8 Å². The van der Waals surface area contributed by atoms with Crippen molar-refractivity contribution >= 4 is 5.71 Å². The Morgan fingerprint density at radius 3 is 2.89 bits per heavy atom. The molecule has 1 aliphatic rings. The topological polar surface area (TPSA) is 41.6 Å². The van der Waals surface area contributed by atoms with Crippen LogP contribution in [0.25, 0.3) is 0 Å². The molecule has 0 saturated carbocycles. The predicted molar refractivity (Wildman–Crippen MR) is 37.7 cm³/mol. The molecule has 0 aliphatic carbocycles. The van der Waals surface area contributed by atoms with Crippen molar-refractivity contribution in [1.82, 2.24) is 5.01 Å². The normalized spacial score (nSPS) is 26.3. The third-order valence-corrected chi connectivity index (χ3v) is 1.31. The molecule has 3 nitrogen and oxygen atoms in total. The SMILES string of the molecule is CC1=NC(C)N(N)C=C1. The van der Waals surface area contributed by atoms with Crippen LogP contribution in [-0.4, -0.2) is 16.9 Å². The highest BCUT2D eigenvalue weighted by atomic mass is 15.4. The quantitative estimate of drug-likeness (QED) is 0.479. The van der Waals surface area contributed by atoms with Gasteiger partial charge in [0.1, 0.15) is 6.17 Å². The first kappa shape index (κ1) is 6.29. The molecule has 1 heterocycles. The van der Waals surface area contributed by atoms with Gasteiger partial charge in [-0.1, -0.05) is 0 Å². The lowest BCUT2D eigenvalue weighted by molar-refractivity contribution is 0.308. The first-order valence-electron chi connectivity index (χ1n) is 2.96. The molecule has 0 spiro atoms. The van der Waals surface area contributed by atoms with Gasteiger partial charge < -0.3 is 0 Å². The van der Waals surface area contributed by atoms with E-state index in [9.17, 15) is 0 Å². The molecule has 3 heteroatoms. The lowest BCUT2D eigenvalue weighted by Gasteiger charge is -2.21. The van der Waals surface area contributed by atoms with Crippen LogP contribution in [0.15, 0.2) is 17.3 Å². The lowest BCUT2D eigenvalue weighted by Crippen LogP contribution is -2.35. The van der Waals surface area contributed by atoms with Crippen molar-refractivity contribution in [2.75, 3.05) is 0 Å². The summed E-state index contributed by atoms with van der Waals surface area (Å²) in [5.74, 6) is 5.48. The van der Waals surface area contributed by atoms with Crippen LogP contribution in [0, 0.1) is 0 Å². The Kier molecular flexibility index (Phi) is 1.53. The zero-order valence-electron chi connectivity index (χ0n) is 5.70. The molecule has 0 saturated heterocycles. The van der Waals surface area contributed by atoms with Gasteiger partial charge >= 0.3 is 0 Å². The fourth-order valence-electron chi connectivity index (χ4n) is 0.723. The van der Waals surface area contributed by atoms with Crippen molar-refractivity contribution in [2.24, 2.45) is 10.8 Å². The maximum absolute atomic E-state index is 5.48. The van der Waals surface area contributed by atoms with Crippen LogP contribution < -0.4 is 5.84 Å². The van der Waals surface area contributed by atoms with Gasteiger partial charge in [0, 0.05) is 11.9 Å². The molecule has 1 atom stereocenters. The van der Waals surface area contributed by atoms with E-state index in [-0.39, 0.29) is 6.17 Å². The number of aliphatic imine (C=N–C) groups is 1. The Balaban J connectivity index is 2.70. The van der Waals surface area contributed by atoms with Crippen molar-refractivity contribution < 1.29 is 0 Å². The maximum atomic E-state index is 5.48. The van der Waals surface area contributed by atoms with E-state index in [1.54, 1.807) is 5.01 Å². The molecule has 0 radical (unpaired) electrons. The second-order valence-corrected chi connectivity index (χ2v) is 2.17. The number of rotatable bonds is 0. The Hall–Kier alpha value is -0.830. The summed E-state index contributed by atoms with van der Waals surface area (Å²) in [6.45, 7) is 3.91. The molecule has 0 aromatic heterocycles. The first-order valence-corrected chi connectivity index (χ1v) is 2.96. The summed E-state index contributed by atoms with van der Waals surface area (Å²) in [6.07, 6.45) is 3.81. The average Bonchev–Trinajstić information content (AvgIpc) is 1.80. The molecular weight excluding hydrogens is 114 g/mol. The third-order valence-electron chi connectivity index (χ3n) is 1.31. The standard InChI is InChI=1S/C6H11N3/c1-5-3-4-9(7)6(2)8-5/h3-4,6H,7H2,1-2H3. The predicted octanol–water partition coefficient (Wildman–Crippen LogP) is 0.496. The van der Waals surface area contributed by atoms with Gasteiger partial charge in [-0.2, -0.15) is 0 Å². The highest BCUT2D eigenvalue weighted by Crippen LogP contribution is 2.01. The molecule has 1 rings (SSSR count). The number of allylic oxidation sites excluding steroid dienone is 1. The molecule has 0 aromatic rings. The number of hydrazine groups is 1. The number of nitrogens with two attached hydrogens (primary N) is 1. The van der Waals surface area contributed by atoms with Gasteiger partial charge in [-0.05, 0) is 19.9 Å². The minimum Gasteiger partial charge on any atom is -0.294 e. The number of nitrogens with zero attached hydrogens (tertiary/aromatic N) is 2. The van der Waals surface area contributed by atoms with E-state index in [2.05, 4.69) is 4.99 Å². The van der Waals surface area contributed by atoms with Crippen LogP contribution >= 0.6 is 0 Å². The van der Waals surface area contributed by atoms with E-state index >= 15 is 0 Å². The first-order chi connectivity index (χ1) is 4.20. The zero-order valence-corrected chi connectivity index (χ0v) is 5.70. The average molecular weight is 125 g/mol. The van der Waals surface area contributed by atoms with Crippen LogP contribution in [0.3, 0.4) is 0 Å². The summed E-state index contributed by atoms with van der Waals surface area (Å²) in [5, 5.41) is 1.58.